The molecule has 1 fully saturated rings. The number of piperidine rings is 1. The predicted octanol–water partition coefficient (Wildman–Crippen LogP) is 4.20. The van der Waals surface area contributed by atoms with Gasteiger partial charge in [0.25, 0.3) is 0 Å². The van der Waals surface area contributed by atoms with Crippen molar-refractivity contribution >= 4 is 5.69 Å². The predicted molar refractivity (Wildman–Crippen MR) is 121 cm³/mol. The summed E-state index contributed by atoms with van der Waals surface area (Å²) in [5.41, 5.74) is 2.31. The van der Waals surface area contributed by atoms with Crippen molar-refractivity contribution in [1.82, 2.24) is 4.90 Å². The molecule has 0 bridgehead atoms. The van der Waals surface area contributed by atoms with Crippen LogP contribution in [0.4, 0.5) is 5.69 Å². The molecule has 0 spiro atoms. The highest BCUT2D eigenvalue weighted by molar-refractivity contribution is 5.48. The van der Waals surface area contributed by atoms with E-state index in [9.17, 15) is 10.4 Å². The summed E-state index contributed by atoms with van der Waals surface area (Å²) >= 11 is 0. The third-order valence-corrected chi connectivity index (χ3v) is 5.88. The first-order chi connectivity index (χ1) is 14.4. The van der Waals surface area contributed by atoms with Crippen molar-refractivity contribution in [1.29, 1.82) is 5.26 Å². The minimum absolute atomic E-state index is 0.169. The van der Waals surface area contributed by atoms with Gasteiger partial charge in [-0.25, -0.2) is 0 Å². The molecule has 3 rings (SSSR count). The number of hydrogen-bond donors (Lipinski definition) is 1. The second-order valence-electron chi connectivity index (χ2n) is 8.60. The van der Waals surface area contributed by atoms with Crippen molar-refractivity contribution in [2.75, 3.05) is 31.6 Å². The molecule has 0 unspecified atom stereocenters. The van der Waals surface area contributed by atoms with Crippen LogP contribution in [0.5, 0.6) is 5.75 Å². The van der Waals surface area contributed by atoms with Crippen LogP contribution < -0.4 is 9.64 Å². The van der Waals surface area contributed by atoms with E-state index in [-0.39, 0.29) is 6.10 Å². The number of aliphatic hydroxyl groups is 1. The number of anilines is 1. The molecule has 0 amide bonds. The molecular weight excluding hydrogens is 374 g/mol. The average molecular weight is 408 g/mol. The van der Waals surface area contributed by atoms with Crippen LogP contribution in [0.15, 0.2) is 48.5 Å². The summed E-state index contributed by atoms with van der Waals surface area (Å²) in [6, 6.07) is 18.2. The highest BCUT2D eigenvalue weighted by Gasteiger charge is 2.32. The van der Waals surface area contributed by atoms with Crippen LogP contribution in [0.1, 0.15) is 44.2 Å². The Hall–Kier alpha value is -2.55. The summed E-state index contributed by atoms with van der Waals surface area (Å²) in [4.78, 5) is 4.52. The zero-order valence-corrected chi connectivity index (χ0v) is 18.3. The maximum atomic E-state index is 11.1. The van der Waals surface area contributed by atoms with Gasteiger partial charge in [-0.3, -0.25) is 4.90 Å². The molecule has 1 aliphatic rings. The second kappa shape index (κ2) is 9.97. The van der Waals surface area contributed by atoms with Crippen molar-refractivity contribution in [3.05, 3.63) is 59.7 Å². The van der Waals surface area contributed by atoms with Crippen LogP contribution in [-0.4, -0.2) is 48.4 Å². The van der Waals surface area contributed by atoms with Gasteiger partial charge in [0.1, 0.15) is 5.75 Å². The van der Waals surface area contributed by atoms with Crippen LogP contribution in [-0.2, 0) is 6.54 Å². The Morgan fingerprint density at radius 1 is 1.13 bits per heavy atom. The van der Waals surface area contributed by atoms with E-state index >= 15 is 0 Å². The van der Waals surface area contributed by atoms with Gasteiger partial charge in [-0.1, -0.05) is 18.2 Å². The van der Waals surface area contributed by atoms with Crippen LogP contribution in [0.3, 0.4) is 0 Å². The molecule has 5 heteroatoms. The van der Waals surface area contributed by atoms with E-state index in [4.69, 9.17) is 4.74 Å². The minimum atomic E-state index is -0.625. The van der Waals surface area contributed by atoms with Crippen molar-refractivity contribution in [3.8, 4) is 11.8 Å². The monoisotopic (exact) mass is 407 g/mol. The third-order valence-electron chi connectivity index (χ3n) is 5.88. The fourth-order valence-corrected chi connectivity index (χ4v) is 3.94. The number of hydrogen-bond acceptors (Lipinski definition) is 5. The average Bonchev–Trinajstić information content (AvgIpc) is 2.74. The summed E-state index contributed by atoms with van der Waals surface area (Å²) in [5.74, 6) is 0.881. The topological polar surface area (TPSA) is 59.7 Å². The van der Waals surface area contributed by atoms with Gasteiger partial charge in [0, 0.05) is 38.9 Å². The van der Waals surface area contributed by atoms with E-state index in [1.807, 2.05) is 50.2 Å². The maximum absolute atomic E-state index is 11.1. The second-order valence-corrected chi connectivity index (χ2v) is 8.60. The van der Waals surface area contributed by atoms with Crippen LogP contribution in [0.2, 0.25) is 0 Å². The molecule has 0 aliphatic carbocycles. The molecular formula is C25H33N3O2. The molecule has 5 nitrogen and oxygen atoms in total. The molecule has 160 valence electrons. The van der Waals surface area contributed by atoms with Crippen molar-refractivity contribution < 1.29 is 9.84 Å². The third kappa shape index (κ3) is 5.98. The largest absolute Gasteiger partial charge is 0.491 e. The lowest BCUT2D eigenvalue weighted by molar-refractivity contribution is -0.0275. The quantitative estimate of drug-likeness (QED) is 0.711. The normalized spacial score (nSPS) is 16.3. The number of nitrogens with zero attached hydrogens (tertiary/aromatic N) is 3. The summed E-state index contributed by atoms with van der Waals surface area (Å²) in [6.07, 6.45) is 2.44. The Labute approximate surface area is 180 Å². The van der Waals surface area contributed by atoms with Crippen LogP contribution in [0, 0.1) is 11.3 Å². The molecule has 0 radical (unpaired) electrons. The van der Waals surface area contributed by atoms with Crippen molar-refractivity contribution in [2.45, 2.75) is 51.4 Å². The molecule has 30 heavy (non-hydrogen) atoms. The smallest absolute Gasteiger partial charge is 0.119 e. The van der Waals surface area contributed by atoms with Gasteiger partial charge in [0.15, 0.2) is 0 Å². The van der Waals surface area contributed by atoms with Gasteiger partial charge in [-0.2, -0.15) is 5.26 Å². The number of rotatable bonds is 8. The first-order valence-electron chi connectivity index (χ1n) is 10.8. The zero-order chi connectivity index (χ0) is 21.6. The van der Waals surface area contributed by atoms with E-state index in [0.29, 0.717) is 0 Å². The molecule has 2 aromatic carbocycles. The molecule has 0 aromatic heterocycles. The van der Waals surface area contributed by atoms with E-state index < -0.39 is 5.60 Å². The van der Waals surface area contributed by atoms with Crippen LogP contribution in [0.25, 0.3) is 0 Å². The fraction of sp³-hybridized carbons (Fsp3) is 0.480. The summed E-state index contributed by atoms with van der Waals surface area (Å²) in [5, 5.41) is 20.3. The summed E-state index contributed by atoms with van der Waals surface area (Å²) in [7, 11) is 2.07. The lowest BCUT2D eigenvalue weighted by Crippen LogP contribution is -2.45. The Bertz CT molecular complexity index is 849. The van der Waals surface area contributed by atoms with Gasteiger partial charge < -0.3 is 14.7 Å². The zero-order valence-electron chi connectivity index (χ0n) is 18.3. The first kappa shape index (κ1) is 22.1. The number of likely N-dealkylation sites (tertiary alicyclic amines) is 1. The molecule has 1 N–H and O–H groups in total. The maximum Gasteiger partial charge on any atom is 0.119 e. The van der Waals surface area contributed by atoms with E-state index in [2.05, 4.69) is 35.0 Å². The molecule has 0 saturated carbocycles. The molecule has 2 aromatic rings. The highest BCUT2D eigenvalue weighted by Crippen LogP contribution is 2.28. The standard InChI is InChI=1S/C25H33N3O2/c1-20(2)30-24-10-8-23(9-11-24)27(3)15-12-25(29)13-16-28(17-14-25)19-22-7-5-4-6-21(22)18-26/h4-11,20,29H,12-17,19H2,1-3H3. The Balaban J connectivity index is 1.48. The molecule has 0 atom stereocenters. The van der Waals surface area contributed by atoms with Gasteiger partial charge in [0.2, 0.25) is 0 Å². The minimum Gasteiger partial charge on any atom is -0.491 e. The first-order valence-corrected chi connectivity index (χ1v) is 10.8. The Morgan fingerprint density at radius 3 is 2.43 bits per heavy atom. The molecule has 1 heterocycles. The number of ether oxygens (including phenoxy) is 1. The van der Waals surface area contributed by atoms with Gasteiger partial charge in [-0.05, 0) is 69.0 Å². The van der Waals surface area contributed by atoms with E-state index in [1.165, 1.54) is 0 Å². The lowest BCUT2D eigenvalue weighted by Gasteiger charge is -2.39. The number of nitriles is 1. The fourth-order valence-electron chi connectivity index (χ4n) is 3.94. The van der Waals surface area contributed by atoms with E-state index in [1.54, 1.807) is 0 Å². The van der Waals surface area contributed by atoms with Crippen molar-refractivity contribution in [2.24, 2.45) is 0 Å². The Kier molecular flexibility index (Phi) is 7.36. The van der Waals surface area contributed by atoms with Gasteiger partial charge >= 0.3 is 0 Å². The summed E-state index contributed by atoms with van der Waals surface area (Å²) < 4.78 is 5.71. The Morgan fingerprint density at radius 2 is 1.80 bits per heavy atom. The van der Waals surface area contributed by atoms with E-state index in [0.717, 1.165) is 68.0 Å². The molecule has 1 aliphatic heterocycles. The van der Waals surface area contributed by atoms with Gasteiger partial charge in [-0.15, -0.1) is 0 Å². The lowest BCUT2D eigenvalue weighted by atomic mass is 9.87. The highest BCUT2D eigenvalue weighted by atomic mass is 16.5. The SMILES string of the molecule is CC(C)Oc1ccc(N(C)CCC2(O)CCN(Cc3ccccc3C#N)CC2)cc1. The van der Waals surface area contributed by atoms with Crippen molar-refractivity contribution in [3.63, 3.8) is 0 Å². The number of benzene rings is 2. The van der Waals surface area contributed by atoms with Crippen LogP contribution >= 0.6 is 0 Å². The molecule has 1 saturated heterocycles. The summed E-state index contributed by atoms with van der Waals surface area (Å²) in [6.45, 7) is 7.31. The van der Waals surface area contributed by atoms with Gasteiger partial charge in [0.05, 0.1) is 23.3 Å².